The summed E-state index contributed by atoms with van der Waals surface area (Å²) in [6.45, 7) is 2.74. The fourth-order valence-electron chi connectivity index (χ4n) is 5.52. The summed E-state index contributed by atoms with van der Waals surface area (Å²) in [6, 6.07) is 8.22. The largest absolute Gasteiger partial charge is 0.494 e. The van der Waals surface area contributed by atoms with E-state index in [2.05, 4.69) is 0 Å². The summed E-state index contributed by atoms with van der Waals surface area (Å²) >= 11 is 0. The summed E-state index contributed by atoms with van der Waals surface area (Å²) in [4.78, 5) is 0. The van der Waals surface area contributed by atoms with Gasteiger partial charge in [-0.15, -0.1) is 0 Å². The second-order valence-electron chi connectivity index (χ2n) is 9.64. The zero-order valence-corrected chi connectivity index (χ0v) is 20.1. The highest BCUT2D eigenvalue weighted by Gasteiger charge is 2.30. The first kappa shape index (κ1) is 24.9. The van der Waals surface area contributed by atoms with E-state index in [0.29, 0.717) is 30.1 Å². The van der Waals surface area contributed by atoms with Crippen molar-refractivity contribution in [3.8, 4) is 11.5 Å². The van der Waals surface area contributed by atoms with Crippen LogP contribution in [0.1, 0.15) is 81.3 Å². The highest BCUT2D eigenvalue weighted by Crippen LogP contribution is 2.41. The second kappa shape index (κ2) is 11.5. The second-order valence-corrected chi connectivity index (χ2v) is 9.64. The summed E-state index contributed by atoms with van der Waals surface area (Å²) < 4.78 is 60.7. The van der Waals surface area contributed by atoms with Gasteiger partial charge in [0.05, 0.1) is 19.3 Å². The van der Waals surface area contributed by atoms with E-state index in [4.69, 9.17) is 14.2 Å². The van der Waals surface area contributed by atoms with E-state index in [1.54, 1.807) is 31.4 Å². The Morgan fingerprint density at radius 1 is 0.765 bits per heavy atom. The van der Waals surface area contributed by atoms with Gasteiger partial charge in [-0.25, -0.2) is 13.2 Å². The molecule has 6 heteroatoms. The Kier molecular flexibility index (Phi) is 8.41. The zero-order valence-electron chi connectivity index (χ0n) is 20.1. The Balaban J connectivity index is 1.31. The molecule has 0 saturated heterocycles. The van der Waals surface area contributed by atoms with Gasteiger partial charge >= 0.3 is 0 Å². The Hall–Kier alpha value is -2.21. The predicted molar refractivity (Wildman–Crippen MR) is 126 cm³/mol. The molecule has 0 amide bonds. The number of methoxy groups -OCH3 is 1. The molecule has 34 heavy (non-hydrogen) atoms. The van der Waals surface area contributed by atoms with Gasteiger partial charge in [-0.3, -0.25) is 0 Å². The minimum absolute atomic E-state index is 0.00578. The molecule has 0 bridgehead atoms. The quantitative estimate of drug-likeness (QED) is 0.394. The molecule has 0 atom stereocenters. The van der Waals surface area contributed by atoms with Gasteiger partial charge in [0.15, 0.2) is 23.2 Å². The van der Waals surface area contributed by atoms with Crippen LogP contribution >= 0.6 is 0 Å². The zero-order chi connectivity index (χ0) is 24.1. The Labute approximate surface area is 200 Å². The molecule has 2 aromatic carbocycles. The van der Waals surface area contributed by atoms with Crippen molar-refractivity contribution in [3.05, 3.63) is 58.9 Å². The number of hydrogen-bond donors (Lipinski definition) is 0. The number of ether oxygens (including phenoxy) is 3. The summed E-state index contributed by atoms with van der Waals surface area (Å²) in [6.07, 6.45) is 6.88. The lowest BCUT2D eigenvalue weighted by Gasteiger charge is -2.30. The van der Waals surface area contributed by atoms with Crippen LogP contribution in [-0.4, -0.2) is 26.4 Å². The molecule has 0 N–H and O–H groups in total. The van der Waals surface area contributed by atoms with Crippen molar-refractivity contribution in [2.24, 2.45) is 5.92 Å². The monoisotopic (exact) mass is 476 g/mol. The fourth-order valence-corrected chi connectivity index (χ4v) is 5.52. The summed E-state index contributed by atoms with van der Waals surface area (Å²) in [7, 11) is 1.71. The first-order chi connectivity index (χ1) is 16.5. The standard InChI is InChI=1S/C28H35F3O3/c1-3-33-22-12-15-26(25(29)16-22)34-17-18-4-6-19(7-5-18)23-13-14-24(28(31)27(23)30)20-8-10-21(32-2)11-9-20/h12-16,18-21H,3-11,17H2,1-2H3. The fraction of sp³-hybridized carbons (Fsp3) is 0.571. The normalized spacial score (nSPS) is 25.2. The average molecular weight is 477 g/mol. The van der Waals surface area contributed by atoms with E-state index >= 15 is 8.78 Å². The van der Waals surface area contributed by atoms with Crippen LogP contribution in [0, 0.1) is 23.4 Å². The van der Waals surface area contributed by atoms with E-state index in [1.165, 1.54) is 6.07 Å². The maximum Gasteiger partial charge on any atom is 0.168 e. The van der Waals surface area contributed by atoms with E-state index in [0.717, 1.165) is 51.4 Å². The van der Waals surface area contributed by atoms with Gasteiger partial charge in [0.25, 0.3) is 0 Å². The molecular formula is C28H35F3O3. The highest BCUT2D eigenvalue weighted by molar-refractivity contribution is 5.33. The van der Waals surface area contributed by atoms with Gasteiger partial charge < -0.3 is 14.2 Å². The number of hydrogen-bond acceptors (Lipinski definition) is 3. The van der Waals surface area contributed by atoms with Crippen molar-refractivity contribution in [1.82, 2.24) is 0 Å². The van der Waals surface area contributed by atoms with Crippen LogP contribution in [0.5, 0.6) is 11.5 Å². The molecule has 0 heterocycles. The van der Waals surface area contributed by atoms with Crippen LogP contribution in [-0.2, 0) is 4.74 Å². The molecule has 2 aliphatic rings. The molecular weight excluding hydrogens is 441 g/mol. The molecule has 4 rings (SSSR count). The Morgan fingerprint density at radius 2 is 1.35 bits per heavy atom. The molecule has 0 unspecified atom stereocenters. The third kappa shape index (κ3) is 5.70. The van der Waals surface area contributed by atoms with Gasteiger partial charge in [0.2, 0.25) is 0 Å². The molecule has 2 aromatic rings. The molecule has 186 valence electrons. The van der Waals surface area contributed by atoms with Crippen LogP contribution < -0.4 is 9.47 Å². The van der Waals surface area contributed by atoms with Gasteiger partial charge in [0.1, 0.15) is 5.75 Å². The number of benzene rings is 2. The molecule has 0 radical (unpaired) electrons. The van der Waals surface area contributed by atoms with E-state index < -0.39 is 17.5 Å². The van der Waals surface area contributed by atoms with E-state index in [9.17, 15) is 4.39 Å². The molecule has 2 saturated carbocycles. The predicted octanol–water partition coefficient (Wildman–Crippen LogP) is 7.53. The molecule has 2 aliphatic carbocycles. The first-order valence-corrected chi connectivity index (χ1v) is 12.6. The number of rotatable bonds is 8. The van der Waals surface area contributed by atoms with Crippen molar-refractivity contribution in [2.45, 2.75) is 76.2 Å². The third-order valence-electron chi connectivity index (χ3n) is 7.56. The Bertz CT molecular complexity index is 948. The SMILES string of the molecule is CCOc1ccc(OCC2CCC(c3ccc(C4CCC(OC)CC4)c(F)c3F)CC2)c(F)c1. The first-order valence-electron chi connectivity index (χ1n) is 12.6. The summed E-state index contributed by atoms with van der Waals surface area (Å²) in [5.74, 6) is -0.752. The lowest BCUT2D eigenvalue weighted by molar-refractivity contribution is 0.0655. The molecule has 3 nitrogen and oxygen atoms in total. The number of halogens is 3. The van der Waals surface area contributed by atoms with Gasteiger partial charge in [-0.05, 0) is 99.3 Å². The highest BCUT2D eigenvalue weighted by atomic mass is 19.2. The maximum absolute atomic E-state index is 15.1. The molecule has 0 aliphatic heterocycles. The molecule has 2 fully saturated rings. The lowest BCUT2D eigenvalue weighted by atomic mass is 9.77. The topological polar surface area (TPSA) is 27.7 Å². The van der Waals surface area contributed by atoms with Gasteiger partial charge in [-0.2, -0.15) is 0 Å². The molecule has 0 aromatic heterocycles. The lowest BCUT2D eigenvalue weighted by Crippen LogP contribution is -2.21. The van der Waals surface area contributed by atoms with E-state index in [1.807, 2.05) is 6.92 Å². The smallest absolute Gasteiger partial charge is 0.168 e. The van der Waals surface area contributed by atoms with Crippen molar-refractivity contribution in [3.63, 3.8) is 0 Å². The van der Waals surface area contributed by atoms with Crippen molar-refractivity contribution >= 4 is 0 Å². The average Bonchev–Trinajstić information content (AvgIpc) is 2.86. The Morgan fingerprint density at radius 3 is 1.88 bits per heavy atom. The van der Waals surface area contributed by atoms with Gasteiger partial charge in [0, 0.05) is 13.2 Å². The minimum atomic E-state index is -0.678. The van der Waals surface area contributed by atoms with E-state index in [-0.39, 0.29) is 29.6 Å². The molecule has 0 spiro atoms. The van der Waals surface area contributed by atoms with Crippen LogP contribution in [0.3, 0.4) is 0 Å². The minimum Gasteiger partial charge on any atom is -0.494 e. The van der Waals surface area contributed by atoms with Crippen LogP contribution in [0.2, 0.25) is 0 Å². The van der Waals surface area contributed by atoms with Crippen molar-refractivity contribution < 1.29 is 27.4 Å². The third-order valence-corrected chi connectivity index (χ3v) is 7.56. The summed E-state index contributed by atoms with van der Waals surface area (Å²) in [5.41, 5.74) is 0.999. The van der Waals surface area contributed by atoms with Crippen LogP contribution in [0.4, 0.5) is 13.2 Å². The maximum atomic E-state index is 15.1. The van der Waals surface area contributed by atoms with Crippen molar-refractivity contribution in [2.75, 3.05) is 20.3 Å². The van der Waals surface area contributed by atoms with Crippen LogP contribution in [0.15, 0.2) is 30.3 Å². The summed E-state index contributed by atoms with van der Waals surface area (Å²) in [5, 5.41) is 0. The van der Waals surface area contributed by atoms with Crippen LogP contribution in [0.25, 0.3) is 0 Å². The van der Waals surface area contributed by atoms with Gasteiger partial charge in [-0.1, -0.05) is 12.1 Å². The van der Waals surface area contributed by atoms with Crippen molar-refractivity contribution in [1.29, 1.82) is 0 Å².